The summed E-state index contributed by atoms with van der Waals surface area (Å²) in [6.45, 7) is 4.77. The Labute approximate surface area is 149 Å². The number of anilines is 1. The van der Waals surface area contributed by atoms with Gasteiger partial charge in [-0.2, -0.15) is 5.10 Å². The topological polar surface area (TPSA) is 103 Å². The fourth-order valence-electron chi connectivity index (χ4n) is 3.38. The highest BCUT2D eigenvalue weighted by Crippen LogP contribution is 2.37. The highest BCUT2D eigenvalue weighted by molar-refractivity contribution is 5.70. The van der Waals surface area contributed by atoms with Gasteiger partial charge in [0.1, 0.15) is 11.5 Å². The largest absolute Gasteiger partial charge is 0.508 e. The maximum Gasteiger partial charge on any atom is 0.348 e. The summed E-state index contributed by atoms with van der Waals surface area (Å²) in [5.41, 5.74) is 3.58. The van der Waals surface area contributed by atoms with Gasteiger partial charge in [-0.3, -0.25) is 0 Å². The lowest BCUT2D eigenvalue weighted by molar-refractivity contribution is 0.444. The second kappa shape index (κ2) is 5.94. The molecule has 4 N–H and O–H groups in total. The maximum absolute atomic E-state index is 12.4. The fraction of sp³-hybridized carbons (Fsp3) is 0.263. The van der Waals surface area contributed by atoms with Crippen molar-refractivity contribution in [1.29, 1.82) is 0 Å². The van der Waals surface area contributed by atoms with E-state index >= 15 is 0 Å². The molecule has 1 aliphatic heterocycles. The maximum atomic E-state index is 12.4. The molecule has 0 bridgehead atoms. The summed E-state index contributed by atoms with van der Waals surface area (Å²) in [7, 11) is 0. The predicted molar refractivity (Wildman–Crippen MR) is 99.2 cm³/mol. The van der Waals surface area contributed by atoms with Crippen LogP contribution in [0.2, 0.25) is 0 Å². The second-order valence-corrected chi connectivity index (χ2v) is 6.79. The summed E-state index contributed by atoms with van der Waals surface area (Å²) in [5, 5.41) is 30.3. The van der Waals surface area contributed by atoms with Crippen LogP contribution in [0.5, 0.6) is 11.5 Å². The van der Waals surface area contributed by atoms with Crippen LogP contribution >= 0.6 is 0 Å². The predicted octanol–water partition coefficient (Wildman–Crippen LogP) is 2.73. The van der Waals surface area contributed by atoms with Crippen molar-refractivity contribution in [3.63, 3.8) is 0 Å². The first-order valence-corrected chi connectivity index (χ1v) is 8.56. The number of nitrogens with one attached hydrogen (secondary N) is 2. The molecule has 1 aliphatic rings. The Morgan fingerprint density at radius 1 is 1.15 bits per heavy atom. The minimum Gasteiger partial charge on any atom is -0.508 e. The first-order chi connectivity index (χ1) is 12.5. The van der Waals surface area contributed by atoms with Crippen molar-refractivity contribution in [3.05, 3.63) is 51.9 Å². The number of nitrogens with zero attached hydrogens (tertiary/aromatic N) is 2. The van der Waals surface area contributed by atoms with Crippen LogP contribution in [0, 0.1) is 0 Å². The summed E-state index contributed by atoms with van der Waals surface area (Å²) < 4.78 is 1.44. The van der Waals surface area contributed by atoms with E-state index in [2.05, 4.69) is 15.5 Å². The van der Waals surface area contributed by atoms with Gasteiger partial charge in [-0.15, -0.1) is 0 Å². The molecular formula is C19H20N4O3. The highest BCUT2D eigenvalue weighted by Gasteiger charge is 2.20. The molecule has 0 amide bonds. The van der Waals surface area contributed by atoms with Crippen LogP contribution < -0.4 is 11.0 Å². The first kappa shape index (κ1) is 16.3. The van der Waals surface area contributed by atoms with Crippen molar-refractivity contribution in [2.24, 2.45) is 0 Å². The van der Waals surface area contributed by atoms with Gasteiger partial charge in [-0.1, -0.05) is 13.8 Å². The molecule has 4 rings (SSSR count). The standard InChI is InChI=1S/C19H20N4O3/c1-10(2)13-8-14(17(25)9-16(13)24)18-21-22-19(26)23(18)12-3-4-15-11(7-12)5-6-20-15/h3-4,7-10,20,24-25H,5-6H2,1-2H3,(H,22,26). The Balaban J connectivity index is 1.91. The zero-order chi connectivity index (χ0) is 18.4. The van der Waals surface area contributed by atoms with E-state index in [0.717, 1.165) is 24.2 Å². The quantitative estimate of drug-likeness (QED) is 0.580. The Kier molecular flexibility index (Phi) is 3.72. The van der Waals surface area contributed by atoms with Crippen molar-refractivity contribution >= 4 is 5.69 Å². The molecule has 0 fully saturated rings. The van der Waals surface area contributed by atoms with Gasteiger partial charge in [0, 0.05) is 18.3 Å². The number of fused-ring (bicyclic) bond motifs is 1. The van der Waals surface area contributed by atoms with Crippen LogP contribution in [0.4, 0.5) is 5.69 Å². The van der Waals surface area contributed by atoms with Gasteiger partial charge in [0.05, 0.1) is 11.3 Å². The molecular weight excluding hydrogens is 332 g/mol. The zero-order valence-corrected chi connectivity index (χ0v) is 14.6. The van der Waals surface area contributed by atoms with E-state index in [0.29, 0.717) is 22.6 Å². The summed E-state index contributed by atoms with van der Waals surface area (Å²) in [5.74, 6) is 0.254. The van der Waals surface area contributed by atoms with Gasteiger partial charge in [-0.05, 0) is 47.7 Å². The average molecular weight is 352 g/mol. The number of rotatable bonds is 3. The van der Waals surface area contributed by atoms with Crippen molar-refractivity contribution < 1.29 is 10.2 Å². The molecule has 0 saturated heterocycles. The number of phenols is 2. The monoisotopic (exact) mass is 352 g/mol. The van der Waals surface area contributed by atoms with Gasteiger partial charge < -0.3 is 15.5 Å². The Bertz CT molecular complexity index is 1050. The number of H-pyrrole nitrogens is 1. The van der Waals surface area contributed by atoms with E-state index < -0.39 is 0 Å². The minimum absolute atomic E-state index is 0.0225. The molecule has 0 unspecified atom stereocenters. The molecule has 1 aromatic heterocycles. The fourth-order valence-corrected chi connectivity index (χ4v) is 3.38. The minimum atomic E-state index is -0.385. The van der Waals surface area contributed by atoms with Gasteiger partial charge in [0.2, 0.25) is 0 Å². The van der Waals surface area contributed by atoms with E-state index in [4.69, 9.17) is 0 Å². The molecule has 7 nitrogen and oxygen atoms in total. The number of hydrogen-bond donors (Lipinski definition) is 4. The smallest absolute Gasteiger partial charge is 0.348 e. The lowest BCUT2D eigenvalue weighted by atomic mass is 9.98. The lowest BCUT2D eigenvalue weighted by Crippen LogP contribution is -2.16. The molecule has 0 atom stereocenters. The number of phenolic OH excluding ortho intramolecular Hbond substituents is 2. The summed E-state index contributed by atoms with van der Waals surface area (Å²) >= 11 is 0. The number of aromatic amines is 1. The third kappa shape index (κ3) is 2.52. The molecule has 0 spiro atoms. The van der Waals surface area contributed by atoms with Gasteiger partial charge in [-0.25, -0.2) is 14.5 Å². The average Bonchev–Trinajstić information content (AvgIpc) is 3.20. The SMILES string of the molecule is CC(C)c1cc(-c2n[nH]c(=O)n2-c2ccc3c(c2)CCN3)c(O)cc1O. The van der Waals surface area contributed by atoms with Crippen molar-refractivity contribution in [1.82, 2.24) is 14.8 Å². The molecule has 7 heteroatoms. The van der Waals surface area contributed by atoms with Crippen molar-refractivity contribution in [2.45, 2.75) is 26.2 Å². The molecule has 2 aromatic carbocycles. The molecule has 0 aliphatic carbocycles. The molecule has 134 valence electrons. The second-order valence-electron chi connectivity index (χ2n) is 6.79. The normalized spacial score (nSPS) is 13.0. The summed E-state index contributed by atoms with van der Waals surface area (Å²) in [4.78, 5) is 12.4. The van der Waals surface area contributed by atoms with Crippen molar-refractivity contribution in [2.75, 3.05) is 11.9 Å². The molecule has 2 heterocycles. The van der Waals surface area contributed by atoms with Crippen LogP contribution in [0.1, 0.15) is 30.9 Å². The molecule has 0 radical (unpaired) electrons. The van der Waals surface area contributed by atoms with E-state index in [1.165, 1.54) is 10.6 Å². The number of benzene rings is 2. The Hall–Kier alpha value is -3.22. The van der Waals surface area contributed by atoms with Gasteiger partial charge >= 0.3 is 5.69 Å². The highest BCUT2D eigenvalue weighted by atomic mass is 16.3. The Morgan fingerprint density at radius 2 is 1.96 bits per heavy atom. The van der Waals surface area contributed by atoms with Crippen LogP contribution in [-0.2, 0) is 6.42 Å². The molecule has 26 heavy (non-hydrogen) atoms. The molecule has 3 aromatic rings. The molecule has 0 saturated carbocycles. The lowest BCUT2D eigenvalue weighted by Gasteiger charge is -2.13. The number of aromatic nitrogens is 3. The number of hydrogen-bond acceptors (Lipinski definition) is 5. The van der Waals surface area contributed by atoms with Crippen molar-refractivity contribution in [3.8, 4) is 28.6 Å². The third-order valence-electron chi connectivity index (χ3n) is 4.74. The first-order valence-electron chi connectivity index (χ1n) is 8.56. The van der Waals surface area contributed by atoms with Crippen LogP contribution in [0.3, 0.4) is 0 Å². The Morgan fingerprint density at radius 3 is 2.73 bits per heavy atom. The van der Waals surface area contributed by atoms with Gasteiger partial charge in [0.25, 0.3) is 0 Å². The van der Waals surface area contributed by atoms with E-state index in [1.54, 1.807) is 6.07 Å². The van der Waals surface area contributed by atoms with Crippen LogP contribution in [0.25, 0.3) is 17.1 Å². The summed E-state index contributed by atoms with van der Waals surface area (Å²) in [6.07, 6.45) is 0.896. The van der Waals surface area contributed by atoms with E-state index in [9.17, 15) is 15.0 Å². The summed E-state index contributed by atoms with van der Waals surface area (Å²) in [6, 6.07) is 8.71. The van der Waals surface area contributed by atoms with Crippen LogP contribution in [0.15, 0.2) is 35.1 Å². The van der Waals surface area contributed by atoms with E-state index in [1.807, 2.05) is 32.0 Å². The number of aromatic hydroxyl groups is 2. The van der Waals surface area contributed by atoms with Gasteiger partial charge in [0.15, 0.2) is 5.82 Å². The zero-order valence-electron chi connectivity index (χ0n) is 14.6. The van der Waals surface area contributed by atoms with E-state index in [-0.39, 0.29) is 23.1 Å². The van der Waals surface area contributed by atoms with Crippen LogP contribution in [-0.4, -0.2) is 31.5 Å². The third-order valence-corrected chi connectivity index (χ3v) is 4.74.